The second kappa shape index (κ2) is 3.23. The Morgan fingerprint density at radius 1 is 1.18 bits per heavy atom. The van der Waals surface area contributed by atoms with E-state index in [1.807, 2.05) is 18.2 Å². The normalized spacial score (nSPS) is 16.9. The van der Waals surface area contributed by atoms with Crippen molar-refractivity contribution in [3.63, 3.8) is 0 Å². The van der Waals surface area contributed by atoms with Gasteiger partial charge in [0.05, 0.1) is 5.41 Å². The maximum atomic E-state index is 11.2. The minimum absolute atomic E-state index is 0.200. The van der Waals surface area contributed by atoms with Gasteiger partial charge in [0.25, 0.3) is 0 Å². The zero-order valence-electron chi connectivity index (χ0n) is 9.18. The summed E-state index contributed by atoms with van der Waals surface area (Å²) >= 11 is 0. The van der Waals surface area contributed by atoms with E-state index in [0.717, 1.165) is 16.3 Å². The van der Waals surface area contributed by atoms with Crippen LogP contribution < -0.4 is 0 Å². The summed E-state index contributed by atoms with van der Waals surface area (Å²) in [5.74, 6) is -0.571. The number of carboxylic acid groups (broad SMARTS) is 1. The average molecular weight is 228 g/mol. The van der Waals surface area contributed by atoms with Crippen LogP contribution >= 0.6 is 0 Å². The SMILES string of the molecule is O=C(O)C1(c2ccc3cccc(O)c3c2)CC1. The number of carboxylic acids is 1. The number of hydrogen-bond acceptors (Lipinski definition) is 2. The van der Waals surface area contributed by atoms with Gasteiger partial charge in [-0.2, -0.15) is 0 Å². The molecule has 1 fully saturated rings. The zero-order chi connectivity index (χ0) is 12.0. The third kappa shape index (κ3) is 1.39. The molecule has 0 heterocycles. The van der Waals surface area contributed by atoms with Crippen molar-refractivity contribution in [3.8, 4) is 5.75 Å². The number of aliphatic carboxylic acids is 1. The van der Waals surface area contributed by atoms with Crippen molar-refractivity contribution in [2.45, 2.75) is 18.3 Å². The van der Waals surface area contributed by atoms with Crippen LogP contribution in [0.3, 0.4) is 0 Å². The molecule has 1 saturated carbocycles. The highest BCUT2D eigenvalue weighted by molar-refractivity contribution is 5.92. The number of phenols is 1. The van der Waals surface area contributed by atoms with Gasteiger partial charge in [-0.3, -0.25) is 4.79 Å². The highest BCUT2D eigenvalue weighted by Crippen LogP contribution is 2.49. The first-order valence-electron chi connectivity index (χ1n) is 5.59. The Bertz CT molecular complexity index is 612. The van der Waals surface area contributed by atoms with Crippen molar-refractivity contribution in [3.05, 3.63) is 42.0 Å². The first-order chi connectivity index (χ1) is 8.13. The number of hydrogen-bond donors (Lipinski definition) is 2. The van der Waals surface area contributed by atoms with Gasteiger partial charge in [0.15, 0.2) is 0 Å². The number of phenolic OH excluding ortho intramolecular Hbond substituents is 1. The van der Waals surface area contributed by atoms with E-state index >= 15 is 0 Å². The largest absolute Gasteiger partial charge is 0.507 e. The topological polar surface area (TPSA) is 57.5 Å². The third-order valence-electron chi connectivity index (χ3n) is 3.57. The van der Waals surface area contributed by atoms with E-state index in [9.17, 15) is 15.0 Å². The van der Waals surface area contributed by atoms with Crippen molar-refractivity contribution in [1.29, 1.82) is 0 Å². The molecule has 0 spiro atoms. The van der Waals surface area contributed by atoms with E-state index in [0.29, 0.717) is 12.8 Å². The van der Waals surface area contributed by atoms with E-state index in [1.165, 1.54) is 0 Å². The van der Waals surface area contributed by atoms with E-state index in [4.69, 9.17) is 0 Å². The predicted octanol–water partition coefficient (Wildman–Crippen LogP) is 2.66. The highest BCUT2D eigenvalue weighted by Gasteiger charge is 2.51. The van der Waals surface area contributed by atoms with Gasteiger partial charge in [-0.1, -0.05) is 24.3 Å². The van der Waals surface area contributed by atoms with Gasteiger partial charge in [-0.25, -0.2) is 0 Å². The molecule has 0 saturated heterocycles. The Balaban J connectivity index is 2.20. The first-order valence-corrected chi connectivity index (χ1v) is 5.59. The van der Waals surface area contributed by atoms with Gasteiger partial charge in [-0.15, -0.1) is 0 Å². The van der Waals surface area contributed by atoms with Crippen molar-refractivity contribution in [2.75, 3.05) is 0 Å². The van der Waals surface area contributed by atoms with Crippen molar-refractivity contribution >= 4 is 16.7 Å². The highest BCUT2D eigenvalue weighted by atomic mass is 16.4. The molecule has 0 bridgehead atoms. The molecular formula is C14H12O3. The van der Waals surface area contributed by atoms with Crippen LogP contribution in [0.2, 0.25) is 0 Å². The Kier molecular flexibility index (Phi) is 1.93. The second-order valence-electron chi connectivity index (χ2n) is 4.60. The summed E-state index contributed by atoms with van der Waals surface area (Å²) in [6, 6.07) is 10.8. The van der Waals surface area contributed by atoms with Gasteiger partial charge in [-0.05, 0) is 35.9 Å². The van der Waals surface area contributed by atoms with Crippen molar-refractivity contribution in [1.82, 2.24) is 0 Å². The Hall–Kier alpha value is -2.03. The van der Waals surface area contributed by atoms with E-state index in [1.54, 1.807) is 18.2 Å². The van der Waals surface area contributed by atoms with E-state index in [-0.39, 0.29) is 5.75 Å². The standard InChI is InChI=1S/C14H12O3/c15-12-3-1-2-9-4-5-10(8-11(9)12)14(6-7-14)13(16)17/h1-5,8,15H,6-7H2,(H,16,17). The van der Waals surface area contributed by atoms with Crippen molar-refractivity contribution in [2.24, 2.45) is 0 Å². The molecule has 0 amide bonds. The van der Waals surface area contributed by atoms with Gasteiger partial charge in [0, 0.05) is 5.39 Å². The molecule has 86 valence electrons. The number of fused-ring (bicyclic) bond motifs is 1. The molecule has 3 rings (SSSR count). The molecule has 2 N–H and O–H groups in total. The second-order valence-corrected chi connectivity index (χ2v) is 4.60. The molecule has 0 aliphatic heterocycles. The molecule has 0 aromatic heterocycles. The van der Waals surface area contributed by atoms with Crippen molar-refractivity contribution < 1.29 is 15.0 Å². The molecule has 0 unspecified atom stereocenters. The van der Waals surface area contributed by atoms with Crippen LogP contribution in [0.15, 0.2) is 36.4 Å². The van der Waals surface area contributed by atoms with Crippen LogP contribution in [0.1, 0.15) is 18.4 Å². The summed E-state index contributed by atoms with van der Waals surface area (Å²) in [6.45, 7) is 0. The van der Waals surface area contributed by atoms with Crippen LogP contribution in [-0.2, 0) is 10.2 Å². The van der Waals surface area contributed by atoms with E-state index < -0.39 is 11.4 Å². The maximum Gasteiger partial charge on any atom is 0.314 e. The van der Waals surface area contributed by atoms with Crippen LogP contribution in [0.25, 0.3) is 10.8 Å². The van der Waals surface area contributed by atoms with Gasteiger partial charge in [0.1, 0.15) is 5.75 Å². The molecule has 2 aromatic rings. The summed E-state index contributed by atoms with van der Waals surface area (Å²) in [5.41, 5.74) is 0.0789. The molecular weight excluding hydrogens is 216 g/mol. The molecule has 1 aliphatic rings. The lowest BCUT2D eigenvalue weighted by Gasteiger charge is -2.11. The van der Waals surface area contributed by atoms with Crippen LogP contribution in [-0.4, -0.2) is 16.2 Å². The minimum Gasteiger partial charge on any atom is -0.507 e. The lowest BCUT2D eigenvalue weighted by Crippen LogP contribution is -2.19. The number of rotatable bonds is 2. The Morgan fingerprint density at radius 3 is 2.59 bits per heavy atom. The quantitative estimate of drug-likeness (QED) is 0.830. The van der Waals surface area contributed by atoms with Crippen LogP contribution in [0, 0.1) is 0 Å². The molecule has 3 nitrogen and oxygen atoms in total. The molecule has 17 heavy (non-hydrogen) atoms. The van der Waals surface area contributed by atoms with Gasteiger partial charge in [0.2, 0.25) is 0 Å². The first kappa shape index (κ1) is 10.1. The minimum atomic E-state index is -0.771. The molecule has 3 heteroatoms. The number of carbonyl (C=O) groups is 1. The summed E-state index contributed by atoms with van der Waals surface area (Å²) in [6.07, 6.45) is 1.36. The fraction of sp³-hybridized carbons (Fsp3) is 0.214. The average Bonchev–Trinajstić information content (AvgIpc) is 3.10. The molecule has 1 aliphatic carbocycles. The van der Waals surface area contributed by atoms with Crippen LogP contribution in [0.5, 0.6) is 5.75 Å². The molecule has 2 aromatic carbocycles. The van der Waals surface area contributed by atoms with Gasteiger partial charge < -0.3 is 10.2 Å². The summed E-state index contributed by atoms with van der Waals surface area (Å²) in [5, 5.41) is 20.7. The summed E-state index contributed by atoms with van der Waals surface area (Å²) < 4.78 is 0. The lowest BCUT2D eigenvalue weighted by molar-refractivity contribution is -0.140. The zero-order valence-corrected chi connectivity index (χ0v) is 9.18. The monoisotopic (exact) mass is 228 g/mol. The number of aromatic hydroxyl groups is 1. The maximum absolute atomic E-state index is 11.2. The third-order valence-corrected chi connectivity index (χ3v) is 3.57. The Labute approximate surface area is 98.3 Å². The lowest BCUT2D eigenvalue weighted by atomic mass is 9.93. The smallest absolute Gasteiger partial charge is 0.314 e. The number of benzene rings is 2. The predicted molar refractivity (Wildman–Crippen MR) is 64.2 cm³/mol. The van der Waals surface area contributed by atoms with Gasteiger partial charge >= 0.3 is 5.97 Å². The summed E-state index contributed by atoms with van der Waals surface area (Å²) in [4.78, 5) is 11.2. The molecule has 0 radical (unpaired) electrons. The summed E-state index contributed by atoms with van der Waals surface area (Å²) in [7, 11) is 0. The fourth-order valence-electron chi connectivity index (χ4n) is 2.30. The Morgan fingerprint density at radius 2 is 1.94 bits per heavy atom. The van der Waals surface area contributed by atoms with E-state index in [2.05, 4.69) is 0 Å². The fourth-order valence-corrected chi connectivity index (χ4v) is 2.30. The molecule has 0 atom stereocenters. The van der Waals surface area contributed by atoms with Crippen LogP contribution in [0.4, 0.5) is 0 Å².